The lowest BCUT2D eigenvalue weighted by atomic mass is 10.2. The molecule has 0 aliphatic rings. The van der Waals surface area contributed by atoms with E-state index in [9.17, 15) is 13.2 Å². The van der Waals surface area contributed by atoms with Gasteiger partial charge in [-0.05, 0) is 43.3 Å². The summed E-state index contributed by atoms with van der Waals surface area (Å²) in [5.74, 6) is 2.45. The first-order valence-corrected chi connectivity index (χ1v) is 9.54. The lowest BCUT2D eigenvalue weighted by Gasteiger charge is -2.13. The number of hydrogen-bond acceptors (Lipinski definition) is 5. The first-order valence-electron chi connectivity index (χ1n) is 8.06. The highest BCUT2D eigenvalue weighted by Gasteiger charge is 2.18. The topological polar surface area (TPSA) is 105 Å². The zero-order valence-electron chi connectivity index (χ0n) is 14.5. The van der Waals surface area contributed by atoms with Gasteiger partial charge >= 0.3 is 0 Å². The number of nitrogens with one attached hydrogen (secondary N) is 2. The molecule has 0 fully saturated rings. The maximum Gasteiger partial charge on any atom is 0.251 e. The predicted octanol–water partition coefficient (Wildman–Crippen LogP) is 1.13. The number of aromatic nitrogens is 3. The van der Waals surface area contributed by atoms with E-state index in [2.05, 4.69) is 26.2 Å². The first kappa shape index (κ1) is 18.6. The molecule has 8 nitrogen and oxygen atoms in total. The van der Waals surface area contributed by atoms with Gasteiger partial charge in [-0.1, -0.05) is 12.0 Å². The van der Waals surface area contributed by atoms with Gasteiger partial charge in [0.15, 0.2) is 11.5 Å². The second-order valence-corrected chi connectivity index (χ2v) is 7.50. The Morgan fingerprint density at radius 1 is 1.22 bits per heavy atom. The molecule has 3 aromatic rings. The van der Waals surface area contributed by atoms with Crippen molar-refractivity contribution in [3.8, 4) is 12.3 Å². The number of benzene rings is 1. The van der Waals surface area contributed by atoms with Gasteiger partial charge in [-0.2, -0.15) is 4.72 Å². The summed E-state index contributed by atoms with van der Waals surface area (Å²) in [6.45, 7) is 1.69. The molecule has 1 unspecified atom stereocenters. The SMILES string of the molecule is C#CCNS(=O)(=O)c1ccc(C(=O)NC(C)c2nnc3ccccn23)cc1. The lowest BCUT2D eigenvalue weighted by molar-refractivity contribution is 0.0938. The molecule has 0 saturated heterocycles. The van der Waals surface area contributed by atoms with Crippen molar-refractivity contribution in [2.45, 2.75) is 17.9 Å². The van der Waals surface area contributed by atoms with E-state index in [1.54, 1.807) is 11.3 Å². The van der Waals surface area contributed by atoms with Crippen molar-refractivity contribution >= 4 is 21.6 Å². The van der Waals surface area contributed by atoms with Gasteiger partial charge in [0.05, 0.1) is 17.5 Å². The molecule has 2 aromatic heterocycles. The molecule has 138 valence electrons. The highest BCUT2D eigenvalue weighted by molar-refractivity contribution is 7.89. The van der Waals surface area contributed by atoms with E-state index in [-0.39, 0.29) is 17.3 Å². The van der Waals surface area contributed by atoms with Gasteiger partial charge in [0, 0.05) is 11.8 Å². The van der Waals surface area contributed by atoms with E-state index in [1.165, 1.54) is 24.3 Å². The molecule has 0 spiro atoms. The van der Waals surface area contributed by atoms with Gasteiger partial charge in [0.1, 0.15) is 0 Å². The normalized spacial score (nSPS) is 12.4. The number of carbonyl (C=O) groups excluding carboxylic acids is 1. The van der Waals surface area contributed by atoms with E-state index < -0.39 is 16.1 Å². The Labute approximate surface area is 156 Å². The highest BCUT2D eigenvalue weighted by atomic mass is 32.2. The molecule has 0 aliphatic heterocycles. The quantitative estimate of drug-likeness (QED) is 0.621. The second kappa shape index (κ2) is 7.57. The first-order chi connectivity index (χ1) is 12.9. The molecule has 0 radical (unpaired) electrons. The van der Waals surface area contributed by atoms with Gasteiger partial charge in [0.2, 0.25) is 10.0 Å². The molecule has 2 heterocycles. The van der Waals surface area contributed by atoms with Crippen molar-refractivity contribution in [3.05, 3.63) is 60.0 Å². The lowest BCUT2D eigenvalue weighted by Crippen LogP contribution is -2.28. The summed E-state index contributed by atoms with van der Waals surface area (Å²) in [6.07, 6.45) is 6.87. The minimum Gasteiger partial charge on any atom is -0.342 e. The Morgan fingerprint density at radius 3 is 2.67 bits per heavy atom. The number of fused-ring (bicyclic) bond motifs is 1. The minimum atomic E-state index is -3.69. The number of rotatable bonds is 6. The molecular formula is C18H17N5O3S. The monoisotopic (exact) mass is 383 g/mol. The van der Waals surface area contributed by atoms with Crippen molar-refractivity contribution in [1.29, 1.82) is 0 Å². The standard InChI is InChI=1S/C18H17N5O3S/c1-3-11-19-27(25,26)15-9-7-14(8-10-15)18(24)20-13(2)17-22-21-16-6-4-5-12-23(16)17/h1,4-10,12-13,19H,11H2,2H3,(H,20,24). The number of hydrogen-bond donors (Lipinski definition) is 2. The van der Waals surface area contributed by atoms with Crippen LogP contribution in [0.25, 0.3) is 5.65 Å². The molecule has 1 amide bonds. The number of sulfonamides is 1. The van der Waals surface area contributed by atoms with E-state index in [0.717, 1.165) is 0 Å². The maximum atomic E-state index is 12.5. The van der Waals surface area contributed by atoms with Crippen LogP contribution in [0.3, 0.4) is 0 Å². The summed E-state index contributed by atoms with van der Waals surface area (Å²) in [5, 5.41) is 11.0. The largest absolute Gasteiger partial charge is 0.342 e. The predicted molar refractivity (Wildman–Crippen MR) is 99.3 cm³/mol. The van der Waals surface area contributed by atoms with Gasteiger partial charge in [-0.3, -0.25) is 9.20 Å². The molecule has 1 aromatic carbocycles. The molecule has 9 heteroatoms. The van der Waals surface area contributed by atoms with Crippen molar-refractivity contribution in [1.82, 2.24) is 24.6 Å². The molecule has 1 atom stereocenters. The van der Waals surface area contributed by atoms with Gasteiger partial charge < -0.3 is 5.32 Å². The number of pyridine rings is 1. The van der Waals surface area contributed by atoms with Crippen LogP contribution < -0.4 is 10.0 Å². The Hall–Kier alpha value is -3.22. The molecule has 0 saturated carbocycles. The van der Waals surface area contributed by atoms with Gasteiger partial charge in [-0.15, -0.1) is 16.6 Å². The molecule has 2 N–H and O–H groups in total. The van der Waals surface area contributed by atoms with Gasteiger partial charge in [0.25, 0.3) is 5.91 Å². The van der Waals surface area contributed by atoms with Crippen molar-refractivity contribution in [2.24, 2.45) is 0 Å². The summed E-state index contributed by atoms with van der Waals surface area (Å²) in [6, 6.07) is 10.7. The van der Waals surface area contributed by atoms with Crippen LogP contribution in [-0.4, -0.2) is 35.5 Å². The van der Waals surface area contributed by atoms with Crippen LogP contribution >= 0.6 is 0 Å². The molecular weight excluding hydrogens is 366 g/mol. The average Bonchev–Trinajstić information content (AvgIpc) is 3.11. The van der Waals surface area contributed by atoms with Crippen LogP contribution in [-0.2, 0) is 10.0 Å². The maximum absolute atomic E-state index is 12.5. The Balaban J connectivity index is 1.74. The number of carbonyl (C=O) groups is 1. The smallest absolute Gasteiger partial charge is 0.251 e. The zero-order chi connectivity index (χ0) is 19.4. The fraction of sp³-hybridized carbons (Fsp3) is 0.167. The van der Waals surface area contributed by atoms with Crippen molar-refractivity contribution in [2.75, 3.05) is 6.54 Å². The van der Waals surface area contributed by atoms with Crippen LogP contribution in [0.5, 0.6) is 0 Å². The Morgan fingerprint density at radius 2 is 1.96 bits per heavy atom. The average molecular weight is 383 g/mol. The van der Waals surface area contributed by atoms with Gasteiger partial charge in [-0.25, -0.2) is 8.42 Å². The fourth-order valence-electron chi connectivity index (χ4n) is 2.51. The van der Waals surface area contributed by atoms with Crippen LogP contribution in [0.2, 0.25) is 0 Å². The summed E-state index contributed by atoms with van der Waals surface area (Å²) in [4.78, 5) is 12.5. The summed E-state index contributed by atoms with van der Waals surface area (Å²) in [5.41, 5.74) is 1.01. The third-order valence-corrected chi connectivity index (χ3v) is 5.28. The highest BCUT2D eigenvalue weighted by Crippen LogP contribution is 2.14. The Kier molecular flexibility index (Phi) is 5.21. The van der Waals surface area contributed by atoms with Crippen molar-refractivity contribution < 1.29 is 13.2 Å². The van der Waals surface area contributed by atoms with Crippen molar-refractivity contribution in [3.63, 3.8) is 0 Å². The van der Waals surface area contributed by atoms with E-state index in [1.807, 2.05) is 24.4 Å². The van der Waals surface area contributed by atoms with E-state index >= 15 is 0 Å². The molecule has 27 heavy (non-hydrogen) atoms. The summed E-state index contributed by atoms with van der Waals surface area (Å²) < 4.78 is 28.1. The summed E-state index contributed by atoms with van der Waals surface area (Å²) >= 11 is 0. The van der Waals surface area contributed by atoms with Crippen LogP contribution in [0, 0.1) is 12.3 Å². The molecule has 0 aliphatic carbocycles. The number of amides is 1. The van der Waals surface area contributed by atoms with Crippen LogP contribution in [0.4, 0.5) is 0 Å². The summed E-state index contributed by atoms with van der Waals surface area (Å²) in [7, 11) is -3.69. The molecule has 3 rings (SSSR count). The number of nitrogens with zero attached hydrogens (tertiary/aromatic N) is 3. The third-order valence-electron chi connectivity index (χ3n) is 3.87. The van der Waals surface area contributed by atoms with E-state index in [0.29, 0.717) is 17.0 Å². The third kappa shape index (κ3) is 3.97. The van der Waals surface area contributed by atoms with Crippen LogP contribution in [0.15, 0.2) is 53.6 Å². The van der Waals surface area contributed by atoms with Crippen LogP contribution in [0.1, 0.15) is 29.1 Å². The molecule has 0 bridgehead atoms. The fourth-order valence-corrected chi connectivity index (χ4v) is 3.44. The number of terminal acetylenes is 1. The zero-order valence-corrected chi connectivity index (χ0v) is 15.3. The minimum absolute atomic E-state index is 0.0331. The van der Waals surface area contributed by atoms with E-state index in [4.69, 9.17) is 6.42 Å². The Bertz CT molecular complexity index is 1110. The second-order valence-electron chi connectivity index (χ2n) is 5.74.